The Hall–Kier alpha value is -3.30. The van der Waals surface area contributed by atoms with Gasteiger partial charge in [-0.2, -0.15) is 5.26 Å². The summed E-state index contributed by atoms with van der Waals surface area (Å²) in [6.07, 6.45) is 2.62. The minimum Gasteiger partial charge on any atom is -0.486 e. The first-order chi connectivity index (χ1) is 13.7. The van der Waals surface area contributed by atoms with E-state index >= 15 is 0 Å². The molecule has 3 aromatic rings. The van der Waals surface area contributed by atoms with E-state index in [9.17, 15) is 4.79 Å². The molecule has 1 aliphatic rings. The predicted molar refractivity (Wildman–Crippen MR) is 105 cm³/mol. The van der Waals surface area contributed by atoms with Crippen LogP contribution in [-0.4, -0.2) is 36.3 Å². The second kappa shape index (κ2) is 8.15. The number of aromatic nitrogens is 1. The fourth-order valence-electron chi connectivity index (χ4n) is 3.48. The molecule has 0 bridgehead atoms. The number of carbonyl (C=O) groups is 1. The lowest BCUT2D eigenvalue weighted by Gasteiger charge is -2.32. The Morgan fingerprint density at radius 1 is 1.25 bits per heavy atom. The maximum absolute atomic E-state index is 12.6. The first-order valence-corrected chi connectivity index (χ1v) is 9.32. The highest BCUT2D eigenvalue weighted by Gasteiger charge is 2.29. The molecule has 1 amide bonds. The van der Waals surface area contributed by atoms with Crippen molar-refractivity contribution in [1.82, 2.24) is 10.3 Å². The molecule has 142 valence electrons. The number of para-hydroxylation sites is 1. The van der Waals surface area contributed by atoms with Gasteiger partial charge in [0, 0.05) is 23.7 Å². The topological polar surface area (TPSA) is 87.1 Å². The Labute approximate surface area is 163 Å². The summed E-state index contributed by atoms with van der Waals surface area (Å²) in [4.78, 5) is 15.8. The quantitative estimate of drug-likeness (QED) is 0.718. The first-order valence-electron chi connectivity index (χ1n) is 9.32. The second-order valence-electron chi connectivity index (χ2n) is 6.87. The van der Waals surface area contributed by atoms with Gasteiger partial charge in [0.05, 0.1) is 30.7 Å². The minimum atomic E-state index is -0.270. The summed E-state index contributed by atoms with van der Waals surface area (Å²) in [5, 5.41) is 13.1. The molecular weight excluding hydrogens is 354 g/mol. The Balaban J connectivity index is 1.41. The first kappa shape index (κ1) is 18.1. The number of nitrogens with one attached hydrogen (secondary N) is 2. The largest absolute Gasteiger partial charge is 0.486 e. The van der Waals surface area contributed by atoms with E-state index in [-0.39, 0.29) is 18.1 Å². The summed E-state index contributed by atoms with van der Waals surface area (Å²) in [5.74, 6) is 0.621. The van der Waals surface area contributed by atoms with Crippen LogP contribution < -0.4 is 10.1 Å². The van der Waals surface area contributed by atoms with Crippen molar-refractivity contribution in [3.8, 4) is 11.8 Å². The summed E-state index contributed by atoms with van der Waals surface area (Å²) >= 11 is 0. The molecule has 28 heavy (non-hydrogen) atoms. The van der Waals surface area contributed by atoms with Crippen LogP contribution in [0.4, 0.5) is 0 Å². The van der Waals surface area contributed by atoms with Crippen LogP contribution in [-0.2, 0) is 16.0 Å². The Morgan fingerprint density at radius 3 is 2.89 bits per heavy atom. The fraction of sp³-hybridized carbons (Fsp3) is 0.273. The van der Waals surface area contributed by atoms with Gasteiger partial charge in [-0.3, -0.25) is 4.79 Å². The summed E-state index contributed by atoms with van der Waals surface area (Å²) in [6.45, 7) is 1.00. The maximum atomic E-state index is 12.6. The highest BCUT2D eigenvalue weighted by Crippen LogP contribution is 2.20. The van der Waals surface area contributed by atoms with Crippen molar-refractivity contribution in [3.05, 3.63) is 65.9 Å². The Kier molecular flexibility index (Phi) is 5.27. The van der Waals surface area contributed by atoms with Crippen molar-refractivity contribution in [1.29, 1.82) is 5.26 Å². The van der Waals surface area contributed by atoms with Crippen LogP contribution in [0, 0.1) is 11.3 Å². The third-order valence-electron chi connectivity index (χ3n) is 4.95. The average Bonchev–Trinajstić information content (AvgIpc) is 3.13. The lowest BCUT2D eigenvalue weighted by molar-refractivity contribution is -0.123. The average molecular weight is 375 g/mol. The van der Waals surface area contributed by atoms with E-state index in [4.69, 9.17) is 14.7 Å². The van der Waals surface area contributed by atoms with Gasteiger partial charge in [-0.25, -0.2) is 0 Å². The van der Waals surface area contributed by atoms with Gasteiger partial charge in [0.25, 0.3) is 0 Å². The van der Waals surface area contributed by atoms with E-state index < -0.39 is 0 Å². The molecule has 2 aromatic carbocycles. The molecule has 1 fully saturated rings. The number of benzene rings is 2. The Morgan fingerprint density at radius 2 is 2.07 bits per heavy atom. The van der Waals surface area contributed by atoms with Gasteiger partial charge in [0.15, 0.2) is 0 Å². The number of carbonyl (C=O) groups excluding carboxylic acids is 1. The minimum absolute atomic E-state index is 0.0370. The predicted octanol–water partition coefficient (Wildman–Crippen LogP) is 2.93. The molecule has 6 heteroatoms. The van der Waals surface area contributed by atoms with E-state index in [1.54, 1.807) is 24.3 Å². The molecule has 0 radical (unpaired) electrons. The number of ether oxygens (including phenoxy) is 2. The van der Waals surface area contributed by atoms with Crippen molar-refractivity contribution in [3.63, 3.8) is 0 Å². The lowest BCUT2D eigenvalue weighted by atomic mass is 10.0. The van der Waals surface area contributed by atoms with Crippen LogP contribution in [0.25, 0.3) is 10.9 Å². The van der Waals surface area contributed by atoms with Crippen molar-refractivity contribution in [2.24, 2.45) is 0 Å². The van der Waals surface area contributed by atoms with E-state index in [1.807, 2.05) is 30.5 Å². The number of aromatic amines is 1. The number of nitrogens with zero attached hydrogens (tertiary/aromatic N) is 1. The number of nitriles is 1. The van der Waals surface area contributed by atoms with E-state index in [2.05, 4.69) is 16.4 Å². The Bertz CT molecular complexity index is 1000. The van der Waals surface area contributed by atoms with E-state index in [1.165, 1.54) is 0 Å². The number of amides is 1. The summed E-state index contributed by atoms with van der Waals surface area (Å²) in [5.41, 5.74) is 2.58. The van der Waals surface area contributed by atoms with Crippen LogP contribution in [0.1, 0.15) is 17.5 Å². The van der Waals surface area contributed by atoms with Crippen LogP contribution in [0.3, 0.4) is 0 Å². The molecule has 1 aromatic heterocycles. The highest BCUT2D eigenvalue weighted by atomic mass is 16.5. The summed E-state index contributed by atoms with van der Waals surface area (Å²) in [6, 6.07) is 16.9. The van der Waals surface area contributed by atoms with Gasteiger partial charge in [0.2, 0.25) is 5.91 Å². The molecule has 2 atom stereocenters. The van der Waals surface area contributed by atoms with Gasteiger partial charge in [-0.05, 0) is 42.3 Å². The number of hydrogen-bond donors (Lipinski definition) is 2. The maximum Gasteiger partial charge on any atom is 0.224 e. The van der Waals surface area contributed by atoms with E-state index in [0.29, 0.717) is 37.4 Å². The van der Waals surface area contributed by atoms with Crippen LogP contribution in [0.15, 0.2) is 54.7 Å². The molecule has 0 saturated carbocycles. The van der Waals surface area contributed by atoms with Crippen molar-refractivity contribution in [2.75, 3.05) is 13.2 Å². The molecule has 2 N–H and O–H groups in total. The normalized spacial score (nSPS) is 19.1. The van der Waals surface area contributed by atoms with Crippen molar-refractivity contribution < 1.29 is 14.3 Å². The number of rotatable bonds is 5. The highest BCUT2D eigenvalue weighted by molar-refractivity contribution is 5.88. The second-order valence-corrected chi connectivity index (χ2v) is 6.87. The smallest absolute Gasteiger partial charge is 0.224 e. The van der Waals surface area contributed by atoms with Gasteiger partial charge in [0.1, 0.15) is 11.9 Å². The molecule has 0 spiro atoms. The van der Waals surface area contributed by atoms with Gasteiger partial charge >= 0.3 is 0 Å². The van der Waals surface area contributed by atoms with Crippen molar-refractivity contribution >= 4 is 16.8 Å². The molecule has 6 nitrogen and oxygen atoms in total. The zero-order valence-corrected chi connectivity index (χ0v) is 15.4. The SMILES string of the molecule is N#Cc1ccc(O[C@@H]2COCC[C@H]2NC(=O)Cc2c[nH]c3ccccc23)cc1. The third kappa shape index (κ3) is 4.00. The zero-order chi connectivity index (χ0) is 19.3. The monoisotopic (exact) mass is 375 g/mol. The zero-order valence-electron chi connectivity index (χ0n) is 15.4. The van der Waals surface area contributed by atoms with Crippen molar-refractivity contribution in [2.45, 2.75) is 25.0 Å². The number of H-pyrrole nitrogens is 1. The fourth-order valence-corrected chi connectivity index (χ4v) is 3.48. The van der Waals surface area contributed by atoms with E-state index in [0.717, 1.165) is 16.5 Å². The summed E-state index contributed by atoms with van der Waals surface area (Å²) in [7, 11) is 0. The van der Waals surface area contributed by atoms with Gasteiger partial charge < -0.3 is 19.8 Å². The van der Waals surface area contributed by atoms with Crippen LogP contribution in [0.5, 0.6) is 5.75 Å². The standard InChI is InChI=1S/C22H21N3O3/c23-12-15-5-7-17(8-6-15)28-21-14-27-10-9-20(21)25-22(26)11-16-13-24-19-4-2-1-3-18(16)19/h1-8,13,20-21,24H,9-11,14H2,(H,25,26)/t20-,21-/m1/s1. The molecule has 1 saturated heterocycles. The third-order valence-corrected chi connectivity index (χ3v) is 4.95. The molecular formula is C22H21N3O3. The molecule has 4 rings (SSSR count). The van der Waals surface area contributed by atoms with Crippen LogP contribution in [0.2, 0.25) is 0 Å². The lowest BCUT2D eigenvalue weighted by Crippen LogP contribution is -2.51. The van der Waals surface area contributed by atoms with Gasteiger partial charge in [-0.1, -0.05) is 18.2 Å². The van der Waals surface area contributed by atoms with Crippen LogP contribution >= 0.6 is 0 Å². The number of fused-ring (bicyclic) bond motifs is 1. The molecule has 1 aliphatic heterocycles. The van der Waals surface area contributed by atoms with Gasteiger partial charge in [-0.15, -0.1) is 0 Å². The molecule has 0 unspecified atom stereocenters. The summed E-state index contributed by atoms with van der Waals surface area (Å²) < 4.78 is 11.6. The molecule has 2 heterocycles. The molecule has 0 aliphatic carbocycles. The number of hydrogen-bond acceptors (Lipinski definition) is 4.